The smallest absolute Gasteiger partial charge is 0.332 e. The Morgan fingerprint density at radius 3 is 2.62 bits per heavy atom. The fourth-order valence-corrected chi connectivity index (χ4v) is 3.04. The summed E-state index contributed by atoms with van der Waals surface area (Å²) in [6.07, 6.45) is -2.48. The topological polar surface area (TPSA) is 53.1 Å². The van der Waals surface area contributed by atoms with Crippen LogP contribution in [0.3, 0.4) is 0 Å². The van der Waals surface area contributed by atoms with Crippen molar-refractivity contribution < 1.29 is 23.1 Å². The minimum Gasteiger partial charge on any atom is -0.374 e. The zero-order chi connectivity index (χ0) is 17.1. The van der Waals surface area contributed by atoms with Crippen molar-refractivity contribution in [3.63, 3.8) is 0 Å². The Labute approximate surface area is 138 Å². The average Bonchev–Trinajstić information content (AvgIpc) is 2.83. The molecular weight excluding hydrogens is 320 g/mol. The fourth-order valence-electron chi connectivity index (χ4n) is 3.04. The van der Waals surface area contributed by atoms with Gasteiger partial charge in [-0.05, 0) is 12.1 Å². The average molecular weight is 339 g/mol. The maximum absolute atomic E-state index is 12.6. The molecule has 6 nitrogen and oxygen atoms in total. The van der Waals surface area contributed by atoms with Crippen molar-refractivity contribution in [1.29, 1.82) is 0 Å². The van der Waals surface area contributed by atoms with Gasteiger partial charge in [-0.3, -0.25) is 9.69 Å². The molecule has 1 aromatic rings. The van der Waals surface area contributed by atoms with Gasteiger partial charge in [-0.1, -0.05) is 18.2 Å². The first-order valence-electron chi connectivity index (χ1n) is 7.86. The van der Waals surface area contributed by atoms with E-state index in [1.807, 2.05) is 11.0 Å². The minimum atomic E-state index is -2.48. The number of amides is 3. The van der Waals surface area contributed by atoms with Gasteiger partial charge in [-0.25, -0.2) is 18.5 Å². The van der Waals surface area contributed by atoms with Crippen LogP contribution in [0.15, 0.2) is 30.3 Å². The number of carbonyl (C=O) groups is 2. The molecule has 1 aromatic carbocycles. The van der Waals surface area contributed by atoms with Crippen molar-refractivity contribution in [2.45, 2.75) is 12.5 Å². The Morgan fingerprint density at radius 1 is 1.17 bits per heavy atom. The third kappa shape index (κ3) is 3.39. The molecule has 8 heteroatoms. The minimum absolute atomic E-state index is 0.182. The van der Waals surface area contributed by atoms with Gasteiger partial charge < -0.3 is 9.64 Å². The lowest BCUT2D eigenvalue weighted by atomic mass is 10.2. The van der Waals surface area contributed by atoms with E-state index in [4.69, 9.17) is 4.74 Å². The number of fused-ring (bicyclic) bond motifs is 1. The highest BCUT2D eigenvalue weighted by Gasteiger charge is 2.48. The molecule has 0 bridgehead atoms. The summed E-state index contributed by atoms with van der Waals surface area (Å²) < 4.78 is 29.0. The van der Waals surface area contributed by atoms with E-state index < -0.39 is 19.1 Å². The number of urea groups is 1. The molecule has 0 radical (unpaired) electrons. The van der Waals surface area contributed by atoms with Gasteiger partial charge in [0.15, 0.2) is 0 Å². The van der Waals surface area contributed by atoms with Crippen LogP contribution in [0.2, 0.25) is 0 Å². The number of hydrogen-bond donors (Lipinski definition) is 0. The quantitative estimate of drug-likeness (QED) is 0.581. The number of anilines is 1. The Hall–Kier alpha value is -2.06. The lowest BCUT2D eigenvalue weighted by molar-refractivity contribution is -0.121. The number of alkyl halides is 2. The molecule has 0 aromatic heterocycles. The second kappa shape index (κ2) is 7.23. The van der Waals surface area contributed by atoms with E-state index in [2.05, 4.69) is 0 Å². The molecule has 2 aliphatic heterocycles. The van der Waals surface area contributed by atoms with Crippen molar-refractivity contribution in [1.82, 2.24) is 9.80 Å². The number of halogens is 2. The third-order valence-corrected chi connectivity index (χ3v) is 4.22. The summed E-state index contributed by atoms with van der Waals surface area (Å²) in [4.78, 5) is 29.9. The van der Waals surface area contributed by atoms with Gasteiger partial charge in [0.25, 0.3) is 12.3 Å². The SMILES string of the molecule is O=C1[C@@H]2CN(CCOCC(F)F)CCN2C(=O)N1c1ccccc1. The Balaban J connectivity index is 1.60. The van der Waals surface area contributed by atoms with Crippen LogP contribution < -0.4 is 4.90 Å². The van der Waals surface area contributed by atoms with Gasteiger partial charge in [0.05, 0.1) is 12.3 Å². The highest BCUT2D eigenvalue weighted by Crippen LogP contribution is 2.27. The first-order valence-corrected chi connectivity index (χ1v) is 7.86. The molecule has 0 aliphatic carbocycles. The molecule has 0 unspecified atom stereocenters. The Morgan fingerprint density at radius 2 is 1.92 bits per heavy atom. The molecule has 2 saturated heterocycles. The molecule has 2 aliphatic rings. The molecule has 2 heterocycles. The van der Waals surface area contributed by atoms with Crippen molar-refractivity contribution in [2.75, 3.05) is 44.3 Å². The molecule has 2 fully saturated rings. The molecule has 0 saturated carbocycles. The van der Waals surface area contributed by atoms with E-state index in [-0.39, 0.29) is 18.5 Å². The van der Waals surface area contributed by atoms with Crippen molar-refractivity contribution in [2.24, 2.45) is 0 Å². The van der Waals surface area contributed by atoms with Crippen LogP contribution in [0.25, 0.3) is 0 Å². The van der Waals surface area contributed by atoms with Crippen LogP contribution in [-0.4, -0.2) is 73.6 Å². The van der Waals surface area contributed by atoms with Crippen LogP contribution in [0.5, 0.6) is 0 Å². The number of imide groups is 1. The summed E-state index contributed by atoms with van der Waals surface area (Å²) in [5, 5.41) is 0. The van der Waals surface area contributed by atoms with Gasteiger partial charge in [-0.15, -0.1) is 0 Å². The molecular formula is C16H19F2N3O3. The van der Waals surface area contributed by atoms with Gasteiger partial charge in [-0.2, -0.15) is 0 Å². The lowest BCUT2D eigenvalue weighted by Crippen LogP contribution is -2.53. The summed E-state index contributed by atoms with van der Waals surface area (Å²) in [5.41, 5.74) is 0.564. The summed E-state index contributed by atoms with van der Waals surface area (Å²) in [7, 11) is 0. The molecule has 130 valence electrons. The number of piperazine rings is 1. The van der Waals surface area contributed by atoms with Crippen LogP contribution in [-0.2, 0) is 9.53 Å². The molecule has 0 N–H and O–H groups in total. The fraction of sp³-hybridized carbons (Fsp3) is 0.500. The predicted molar refractivity (Wildman–Crippen MR) is 83.1 cm³/mol. The van der Waals surface area contributed by atoms with E-state index in [1.54, 1.807) is 29.2 Å². The summed E-state index contributed by atoms with van der Waals surface area (Å²) in [5.74, 6) is -0.246. The number of ether oxygens (including phenoxy) is 1. The van der Waals surface area contributed by atoms with E-state index in [9.17, 15) is 18.4 Å². The van der Waals surface area contributed by atoms with Crippen LogP contribution >= 0.6 is 0 Å². The van der Waals surface area contributed by atoms with Gasteiger partial charge in [0.1, 0.15) is 12.6 Å². The summed E-state index contributed by atoms with van der Waals surface area (Å²) >= 11 is 0. The second-order valence-corrected chi connectivity index (χ2v) is 5.77. The molecule has 3 rings (SSSR count). The first kappa shape index (κ1) is 16.8. The molecule has 24 heavy (non-hydrogen) atoms. The number of nitrogens with zero attached hydrogens (tertiary/aromatic N) is 3. The number of benzene rings is 1. The van der Waals surface area contributed by atoms with E-state index in [0.717, 1.165) is 0 Å². The number of para-hydroxylation sites is 1. The molecule has 3 amide bonds. The maximum Gasteiger partial charge on any atom is 0.332 e. The van der Waals surface area contributed by atoms with Crippen molar-refractivity contribution in [3.05, 3.63) is 30.3 Å². The molecule has 0 spiro atoms. The van der Waals surface area contributed by atoms with Crippen LogP contribution in [0.4, 0.5) is 19.3 Å². The zero-order valence-electron chi connectivity index (χ0n) is 13.1. The van der Waals surface area contributed by atoms with E-state index >= 15 is 0 Å². The number of hydrogen-bond acceptors (Lipinski definition) is 4. The Bertz CT molecular complexity index is 599. The monoisotopic (exact) mass is 339 g/mol. The highest BCUT2D eigenvalue weighted by molar-refractivity contribution is 6.21. The van der Waals surface area contributed by atoms with Crippen molar-refractivity contribution in [3.8, 4) is 0 Å². The highest BCUT2D eigenvalue weighted by atomic mass is 19.3. The second-order valence-electron chi connectivity index (χ2n) is 5.77. The van der Waals surface area contributed by atoms with Gasteiger partial charge >= 0.3 is 6.03 Å². The van der Waals surface area contributed by atoms with E-state index in [0.29, 0.717) is 31.9 Å². The lowest BCUT2D eigenvalue weighted by Gasteiger charge is -2.35. The van der Waals surface area contributed by atoms with E-state index in [1.165, 1.54) is 4.90 Å². The van der Waals surface area contributed by atoms with Crippen LogP contribution in [0, 0.1) is 0 Å². The molecule has 1 atom stereocenters. The largest absolute Gasteiger partial charge is 0.374 e. The first-order chi connectivity index (χ1) is 11.6. The summed E-state index contributed by atoms with van der Waals surface area (Å²) in [6, 6.07) is 8.00. The number of carbonyl (C=O) groups excluding carboxylic acids is 2. The standard InChI is InChI=1S/C16H19F2N3O3/c17-14(18)11-24-9-8-19-6-7-20-13(10-19)15(22)21(16(20)23)12-4-2-1-3-5-12/h1-5,13-14H,6-11H2/t13-/m0/s1. The summed E-state index contributed by atoms with van der Waals surface area (Å²) in [6.45, 7) is 1.49. The zero-order valence-corrected chi connectivity index (χ0v) is 13.1. The van der Waals surface area contributed by atoms with Crippen LogP contribution in [0.1, 0.15) is 0 Å². The van der Waals surface area contributed by atoms with Gasteiger partial charge in [0.2, 0.25) is 0 Å². The maximum atomic E-state index is 12.6. The van der Waals surface area contributed by atoms with Gasteiger partial charge in [0, 0.05) is 26.2 Å². The number of rotatable bonds is 6. The normalized spacial score (nSPS) is 21.7. The predicted octanol–water partition coefficient (Wildman–Crippen LogP) is 1.42. The Kier molecular flexibility index (Phi) is 5.06. The third-order valence-electron chi connectivity index (χ3n) is 4.22. The van der Waals surface area contributed by atoms with Crippen molar-refractivity contribution >= 4 is 17.6 Å².